The van der Waals surface area contributed by atoms with Crippen molar-refractivity contribution in [3.8, 4) is 5.75 Å². The molecule has 1 saturated heterocycles. The largest absolute Gasteiger partial charge is 0.497 e. The van der Waals surface area contributed by atoms with Crippen molar-refractivity contribution in [3.63, 3.8) is 0 Å². The van der Waals surface area contributed by atoms with Gasteiger partial charge < -0.3 is 23.8 Å². The van der Waals surface area contributed by atoms with E-state index in [0.717, 1.165) is 87.1 Å². The van der Waals surface area contributed by atoms with E-state index >= 15 is 0 Å². The number of aromatic amines is 1. The Morgan fingerprint density at radius 2 is 2.06 bits per heavy atom. The van der Waals surface area contributed by atoms with Crippen LogP contribution in [-0.2, 0) is 24.1 Å². The standard InChI is InChI=1S/C26H29N3O3/c1-30-19-4-5-22-20(15-19)21-16-29(11-8-23(21)27-22)18-3-6-25-24(14-18)28-26(32-25)7-2-17-9-12-31-13-10-17/h3-6,14-15,17,27H,2,7-13,16H2,1H3. The molecule has 1 fully saturated rings. The summed E-state index contributed by atoms with van der Waals surface area (Å²) in [6.07, 6.45) is 5.34. The van der Waals surface area contributed by atoms with Crippen LogP contribution in [0.5, 0.6) is 5.75 Å². The molecule has 2 aliphatic rings. The summed E-state index contributed by atoms with van der Waals surface area (Å²) in [6.45, 7) is 3.64. The van der Waals surface area contributed by atoms with E-state index in [1.165, 1.54) is 27.8 Å². The van der Waals surface area contributed by atoms with Crippen LogP contribution in [0.15, 0.2) is 40.8 Å². The number of hydrogen-bond acceptors (Lipinski definition) is 5. The molecule has 6 nitrogen and oxygen atoms in total. The van der Waals surface area contributed by atoms with Gasteiger partial charge in [0.15, 0.2) is 11.5 Å². The van der Waals surface area contributed by atoms with Crippen molar-refractivity contribution in [1.82, 2.24) is 9.97 Å². The van der Waals surface area contributed by atoms with Crippen molar-refractivity contribution >= 4 is 27.7 Å². The first-order valence-corrected chi connectivity index (χ1v) is 11.7. The predicted molar refractivity (Wildman–Crippen MR) is 125 cm³/mol. The van der Waals surface area contributed by atoms with Gasteiger partial charge >= 0.3 is 0 Å². The summed E-state index contributed by atoms with van der Waals surface area (Å²) in [4.78, 5) is 10.8. The lowest BCUT2D eigenvalue weighted by Crippen LogP contribution is -2.29. The molecule has 4 heterocycles. The van der Waals surface area contributed by atoms with Crippen molar-refractivity contribution in [2.45, 2.75) is 38.6 Å². The Labute approximate surface area is 187 Å². The molecule has 0 unspecified atom stereocenters. The number of fused-ring (bicyclic) bond motifs is 4. The third-order valence-electron chi connectivity index (χ3n) is 7.07. The highest BCUT2D eigenvalue weighted by atomic mass is 16.5. The Kier molecular flexibility index (Phi) is 5.02. The third-order valence-corrected chi connectivity index (χ3v) is 7.07. The van der Waals surface area contributed by atoms with Gasteiger partial charge in [-0.2, -0.15) is 0 Å². The van der Waals surface area contributed by atoms with Crippen LogP contribution in [0.3, 0.4) is 0 Å². The molecule has 1 N–H and O–H groups in total. The van der Waals surface area contributed by atoms with Gasteiger partial charge in [-0.25, -0.2) is 4.98 Å². The van der Waals surface area contributed by atoms with Crippen molar-refractivity contribution in [2.24, 2.45) is 5.92 Å². The highest BCUT2D eigenvalue weighted by molar-refractivity contribution is 5.87. The lowest BCUT2D eigenvalue weighted by molar-refractivity contribution is 0.0635. The van der Waals surface area contributed by atoms with Crippen LogP contribution in [0, 0.1) is 5.92 Å². The van der Waals surface area contributed by atoms with Crippen molar-refractivity contribution in [3.05, 3.63) is 53.5 Å². The predicted octanol–water partition coefficient (Wildman–Crippen LogP) is 5.24. The number of H-pyrrole nitrogens is 1. The van der Waals surface area contributed by atoms with Crippen LogP contribution >= 0.6 is 0 Å². The van der Waals surface area contributed by atoms with Crippen LogP contribution in [-0.4, -0.2) is 36.8 Å². The zero-order valence-electron chi connectivity index (χ0n) is 18.5. The van der Waals surface area contributed by atoms with Crippen LogP contribution in [0.1, 0.15) is 36.4 Å². The van der Waals surface area contributed by atoms with Crippen molar-refractivity contribution in [2.75, 3.05) is 31.8 Å². The van der Waals surface area contributed by atoms with Crippen LogP contribution in [0.25, 0.3) is 22.0 Å². The van der Waals surface area contributed by atoms with Gasteiger partial charge in [0.05, 0.1) is 7.11 Å². The minimum atomic E-state index is 0.728. The molecule has 0 atom stereocenters. The minimum Gasteiger partial charge on any atom is -0.497 e. The van der Waals surface area contributed by atoms with E-state index in [1.807, 2.05) is 6.07 Å². The van der Waals surface area contributed by atoms with Crippen LogP contribution in [0.4, 0.5) is 5.69 Å². The zero-order chi connectivity index (χ0) is 21.5. The third kappa shape index (κ3) is 3.62. The normalized spacial score (nSPS) is 17.2. The molecule has 0 bridgehead atoms. The molecule has 6 rings (SSSR count). The quantitative estimate of drug-likeness (QED) is 0.468. The Morgan fingerprint density at radius 1 is 1.16 bits per heavy atom. The molecule has 0 amide bonds. The van der Waals surface area contributed by atoms with E-state index in [-0.39, 0.29) is 0 Å². The Balaban J connectivity index is 1.22. The van der Waals surface area contributed by atoms with Crippen molar-refractivity contribution in [1.29, 1.82) is 0 Å². The number of rotatable bonds is 5. The van der Waals surface area contributed by atoms with Gasteiger partial charge in [0.2, 0.25) is 0 Å². The maximum absolute atomic E-state index is 6.05. The average Bonchev–Trinajstić information content (AvgIpc) is 3.42. The number of anilines is 1. The van der Waals surface area contributed by atoms with Crippen LogP contribution < -0.4 is 9.64 Å². The molecular formula is C26H29N3O3. The van der Waals surface area contributed by atoms with Gasteiger partial charge in [0, 0.05) is 67.0 Å². The summed E-state index contributed by atoms with van der Waals surface area (Å²) < 4.78 is 17.0. The molecule has 4 aromatic rings. The molecule has 2 aromatic carbocycles. The second-order valence-electron chi connectivity index (χ2n) is 9.02. The van der Waals surface area contributed by atoms with Gasteiger partial charge in [-0.1, -0.05) is 0 Å². The highest BCUT2D eigenvalue weighted by Crippen LogP contribution is 2.33. The molecule has 0 radical (unpaired) electrons. The van der Waals surface area contributed by atoms with Gasteiger partial charge in [-0.15, -0.1) is 0 Å². The molecule has 0 saturated carbocycles. The maximum atomic E-state index is 6.05. The van der Waals surface area contributed by atoms with E-state index in [0.29, 0.717) is 0 Å². The summed E-state index contributed by atoms with van der Waals surface area (Å²) in [6, 6.07) is 12.7. The molecule has 6 heteroatoms. The van der Waals surface area contributed by atoms with Gasteiger partial charge in [-0.3, -0.25) is 0 Å². The van der Waals surface area contributed by atoms with Gasteiger partial charge in [0.25, 0.3) is 0 Å². The maximum Gasteiger partial charge on any atom is 0.195 e. The van der Waals surface area contributed by atoms with E-state index in [2.05, 4.69) is 40.2 Å². The topological polar surface area (TPSA) is 63.5 Å². The number of aryl methyl sites for hydroxylation is 1. The highest BCUT2D eigenvalue weighted by Gasteiger charge is 2.22. The first kappa shape index (κ1) is 19.7. The number of ether oxygens (including phenoxy) is 2. The average molecular weight is 432 g/mol. The number of oxazole rings is 1. The van der Waals surface area contributed by atoms with E-state index in [1.54, 1.807) is 7.11 Å². The monoisotopic (exact) mass is 431 g/mol. The molecule has 166 valence electrons. The molecule has 32 heavy (non-hydrogen) atoms. The van der Waals surface area contributed by atoms with Gasteiger partial charge in [-0.05, 0) is 61.6 Å². The number of methoxy groups -OCH3 is 1. The fourth-order valence-corrected chi connectivity index (χ4v) is 5.17. The molecule has 2 aromatic heterocycles. The second kappa shape index (κ2) is 8.17. The zero-order valence-corrected chi connectivity index (χ0v) is 18.5. The first-order valence-electron chi connectivity index (χ1n) is 11.7. The summed E-state index contributed by atoms with van der Waals surface area (Å²) >= 11 is 0. The lowest BCUT2D eigenvalue weighted by Gasteiger charge is -2.29. The summed E-state index contributed by atoms with van der Waals surface area (Å²) in [5.41, 5.74) is 6.91. The Bertz CT molecular complexity index is 1250. The van der Waals surface area contributed by atoms with Gasteiger partial charge in [0.1, 0.15) is 11.3 Å². The first-order chi connectivity index (χ1) is 15.8. The Hall–Kier alpha value is -2.99. The van der Waals surface area contributed by atoms with Crippen LogP contribution in [0.2, 0.25) is 0 Å². The number of nitrogens with zero attached hydrogens (tertiary/aromatic N) is 2. The lowest BCUT2D eigenvalue weighted by atomic mass is 9.95. The summed E-state index contributed by atoms with van der Waals surface area (Å²) in [7, 11) is 1.72. The fraction of sp³-hybridized carbons (Fsp3) is 0.423. The molecule has 0 spiro atoms. The van der Waals surface area contributed by atoms with E-state index < -0.39 is 0 Å². The summed E-state index contributed by atoms with van der Waals surface area (Å²) in [5.74, 6) is 2.48. The summed E-state index contributed by atoms with van der Waals surface area (Å²) in [5, 5.41) is 1.25. The molecule has 2 aliphatic heterocycles. The molecular weight excluding hydrogens is 402 g/mol. The SMILES string of the molecule is COc1ccc2[nH]c3c(c2c1)CN(c1ccc2oc(CCC4CCOCC4)nc2c1)CC3. The van der Waals surface area contributed by atoms with Crippen molar-refractivity contribution < 1.29 is 13.9 Å². The second-order valence-corrected chi connectivity index (χ2v) is 9.02. The van der Waals surface area contributed by atoms with E-state index in [9.17, 15) is 0 Å². The minimum absolute atomic E-state index is 0.728. The van der Waals surface area contributed by atoms with E-state index in [4.69, 9.17) is 18.9 Å². The smallest absolute Gasteiger partial charge is 0.195 e. The number of nitrogens with one attached hydrogen (secondary N) is 1. The number of benzene rings is 2. The Morgan fingerprint density at radius 3 is 2.94 bits per heavy atom. The number of aromatic nitrogens is 2. The number of hydrogen-bond donors (Lipinski definition) is 1. The molecule has 0 aliphatic carbocycles. The fourth-order valence-electron chi connectivity index (χ4n) is 5.17.